The first-order chi connectivity index (χ1) is 18.5. The molecule has 3 aromatic carbocycles. The molecule has 4 rings (SSSR count). The Kier molecular flexibility index (Phi) is 8.69. The van der Waals surface area contributed by atoms with E-state index in [1.54, 1.807) is 67.8 Å². The molecule has 1 heterocycles. The Labute approximate surface area is 224 Å². The van der Waals surface area contributed by atoms with E-state index in [1.165, 1.54) is 6.20 Å². The van der Waals surface area contributed by atoms with Gasteiger partial charge in [0.25, 0.3) is 0 Å². The number of carboxylic acids is 1. The third-order valence-electron chi connectivity index (χ3n) is 5.36. The van der Waals surface area contributed by atoms with Gasteiger partial charge in [-0.25, -0.2) is 4.79 Å². The quantitative estimate of drug-likeness (QED) is 0.164. The summed E-state index contributed by atoms with van der Waals surface area (Å²) in [6.07, 6.45) is 2.20. The highest BCUT2D eigenvalue weighted by Gasteiger charge is 2.15. The lowest BCUT2D eigenvalue weighted by atomic mass is 10.1. The second-order valence-electron chi connectivity index (χ2n) is 7.95. The Morgan fingerprint density at radius 2 is 1.82 bits per heavy atom. The summed E-state index contributed by atoms with van der Waals surface area (Å²) in [4.78, 5) is 15.3. The number of benzene rings is 3. The smallest absolute Gasteiger partial charge is 0.341 e. The van der Waals surface area contributed by atoms with E-state index in [9.17, 15) is 10.1 Å². The summed E-state index contributed by atoms with van der Waals surface area (Å²) >= 11 is 5.75. The van der Waals surface area contributed by atoms with Crippen molar-refractivity contribution in [2.24, 2.45) is 0 Å². The third-order valence-corrected chi connectivity index (χ3v) is 5.63. The number of ether oxygens (including phenoxy) is 4. The van der Waals surface area contributed by atoms with Crippen LogP contribution in [0.25, 0.3) is 10.9 Å². The van der Waals surface area contributed by atoms with Gasteiger partial charge in [0.15, 0.2) is 29.6 Å². The number of hydrogen-bond acceptors (Lipinski definition) is 8. The number of halogens is 1. The maximum Gasteiger partial charge on any atom is 0.341 e. The van der Waals surface area contributed by atoms with Crippen molar-refractivity contribution in [1.82, 2.24) is 4.98 Å². The van der Waals surface area contributed by atoms with E-state index in [-0.39, 0.29) is 0 Å². The predicted octanol–water partition coefficient (Wildman–Crippen LogP) is 6.12. The van der Waals surface area contributed by atoms with Gasteiger partial charge in [-0.1, -0.05) is 12.1 Å². The number of para-hydroxylation sites is 2. The van der Waals surface area contributed by atoms with Gasteiger partial charge in [-0.2, -0.15) is 5.26 Å². The van der Waals surface area contributed by atoms with Crippen molar-refractivity contribution in [2.75, 3.05) is 31.5 Å². The molecule has 0 unspecified atom stereocenters. The molecule has 0 fully saturated rings. The van der Waals surface area contributed by atoms with E-state index >= 15 is 0 Å². The first-order valence-electron chi connectivity index (χ1n) is 11.6. The lowest BCUT2D eigenvalue weighted by molar-refractivity contribution is -0.139. The molecule has 0 saturated heterocycles. The number of pyridine rings is 1. The normalized spacial score (nSPS) is 10.4. The number of fused-ring (bicyclic) bond motifs is 1. The fourth-order valence-corrected chi connectivity index (χ4v) is 3.71. The van der Waals surface area contributed by atoms with Crippen molar-refractivity contribution in [1.29, 1.82) is 5.26 Å². The zero-order valence-electron chi connectivity index (χ0n) is 20.4. The molecule has 10 heteroatoms. The number of carbonyl (C=O) groups is 1. The largest absolute Gasteiger partial charge is 0.493 e. The van der Waals surface area contributed by atoms with Gasteiger partial charge in [-0.3, -0.25) is 4.98 Å². The van der Waals surface area contributed by atoms with Gasteiger partial charge < -0.3 is 29.4 Å². The molecule has 0 aliphatic heterocycles. The van der Waals surface area contributed by atoms with Gasteiger partial charge >= 0.3 is 5.97 Å². The van der Waals surface area contributed by atoms with Crippen LogP contribution in [0.15, 0.2) is 66.9 Å². The fourth-order valence-electron chi connectivity index (χ4n) is 3.60. The van der Waals surface area contributed by atoms with Gasteiger partial charge in [0.1, 0.15) is 11.8 Å². The van der Waals surface area contributed by atoms with Gasteiger partial charge in [0.2, 0.25) is 0 Å². The predicted molar refractivity (Wildman–Crippen MR) is 143 cm³/mol. The maximum atomic E-state index is 10.8. The monoisotopic (exact) mass is 533 g/mol. The van der Waals surface area contributed by atoms with Crippen LogP contribution >= 0.6 is 11.6 Å². The molecule has 0 aliphatic carbocycles. The molecule has 1 aromatic heterocycles. The molecule has 0 aliphatic rings. The molecule has 38 heavy (non-hydrogen) atoms. The molecule has 0 radical (unpaired) electrons. The number of alkyl halides is 1. The zero-order valence-corrected chi connectivity index (χ0v) is 21.2. The maximum absolute atomic E-state index is 10.8. The number of nitriles is 1. The summed E-state index contributed by atoms with van der Waals surface area (Å²) in [6, 6.07) is 19.6. The highest BCUT2D eigenvalue weighted by Crippen LogP contribution is 2.38. The molecular weight excluding hydrogens is 510 g/mol. The van der Waals surface area contributed by atoms with Gasteiger partial charge in [-0.05, 0) is 48.9 Å². The Bertz CT molecular complexity index is 1470. The van der Waals surface area contributed by atoms with Crippen molar-refractivity contribution in [2.45, 2.75) is 6.42 Å². The number of aromatic nitrogens is 1. The Morgan fingerprint density at radius 3 is 2.50 bits per heavy atom. The average Bonchev–Trinajstić information content (AvgIpc) is 2.93. The fraction of sp³-hybridized carbons (Fsp3) is 0.179. The summed E-state index contributed by atoms with van der Waals surface area (Å²) < 4.78 is 22.5. The number of hydrogen-bond donors (Lipinski definition) is 2. The van der Waals surface area contributed by atoms with Crippen molar-refractivity contribution >= 4 is 39.8 Å². The summed E-state index contributed by atoms with van der Waals surface area (Å²) in [5.74, 6) is 1.69. The number of carboxylic acid groups (broad SMARTS) is 1. The second kappa shape index (κ2) is 12.5. The number of anilines is 2. The van der Waals surface area contributed by atoms with E-state index in [2.05, 4.69) is 16.4 Å². The summed E-state index contributed by atoms with van der Waals surface area (Å²) in [7, 11) is 1.55. The number of rotatable bonds is 12. The molecule has 0 spiro atoms. The lowest BCUT2D eigenvalue weighted by Crippen LogP contribution is -2.09. The van der Waals surface area contributed by atoms with Crippen molar-refractivity contribution in [3.8, 4) is 34.8 Å². The van der Waals surface area contributed by atoms with Gasteiger partial charge in [0, 0.05) is 29.2 Å². The first kappa shape index (κ1) is 26.4. The lowest BCUT2D eigenvalue weighted by Gasteiger charge is -2.16. The summed E-state index contributed by atoms with van der Waals surface area (Å²) in [6.45, 7) is -0.0342. The highest BCUT2D eigenvalue weighted by molar-refractivity contribution is 6.17. The SMILES string of the molecule is COc1cc2c(Nc3ccc(Oc4ccccc4OCC(=O)O)cc3)c(C#N)cnc2cc1OCCCCl. The van der Waals surface area contributed by atoms with Crippen LogP contribution in [0, 0.1) is 11.3 Å². The first-order valence-corrected chi connectivity index (χ1v) is 12.1. The van der Waals surface area contributed by atoms with E-state index in [0.717, 1.165) is 0 Å². The Morgan fingerprint density at radius 1 is 1.05 bits per heavy atom. The summed E-state index contributed by atoms with van der Waals surface area (Å²) in [5.41, 5.74) is 2.27. The van der Waals surface area contributed by atoms with Crippen LogP contribution in [0.1, 0.15) is 12.0 Å². The molecule has 0 bridgehead atoms. The van der Waals surface area contributed by atoms with Crippen LogP contribution in [0.3, 0.4) is 0 Å². The minimum atomic E-state index is -1.08. The van der Waals surface area contributed by atoms with Crippen LogP contribution in [0.5, 0.6) is 28.7 Å². The topological polar surface area (TPSA) is 123 Å². The minimum Gasteiger partial charge on any atom is -0.493 e. The Hall–Kier alpha value is -4.68. The molecular formula is C28H24ClN3O6. The van der Waals surface area contributed by atoms with E-state index in [0.29, 0.717) is 75.5 Å². The number of nitrogens with one attached hydrogen (secondary N) is 1. The average molecular weight is 534 g/mol. The van der Waals surface area contributed by atoms with E-state index in [1.807, 2.05) is 0 Å². The van der Waals surface area contributed by atoms with Crippen LogP contribution in [0.4, 0.5) is 11.4 Å². The van der Waals surface area contributed by atoms with Gasteiger partial charge in [0.05, 0.1) is 30.5 Å². The van der Waals surface area contributed by atoms with Crippen molar-refractivity contribution in [3.05, 3.63) is 72.4 Å². The summed E-state index contributed by atoms with van der Waals surface area (Å²) in [5, 5.41) is 22.6. The van der Waals surface area contributed by atoms with E-state index in [4.69, 9.17) is 35.7 Å². The molecule has 2 N–H and O–H groups in total. The molecule has 194 valence electrons. The zero-order chi connectivity index (χ0) is 26.9. The number of aliphatic carboxylic acids is 1. The van der Waals surface area contributed by atoms with Gasteiger partial charge in [-0.15, -0.1) is 11.6 Å². The minimum absolute atomic E-state index is 0.318. The Balaban J connectivity index is 1.58. The van der Waals surface area contributed by atoms with Crippen LogP contribution in [0.2, 0.25) is 0 Å². The molecule has 0 saturated carbocycles. The standard InChI is InChI=1S/C28H24ClN3O6/c1-35-25-13-21-22(14-26(25)36-12-4-11-29)31-16-18(15-30)28(21)32-19-7-9-20(10-8-19)38-24-6-3-2-5-23(24)37-17-27(33)34/h2-3,5-10,13-14,16H,4,11-12,17H2,1H3,(H,31,32)(H,33,34). The van der Waals surface area contributed by atoms with Crippen LogP contribution in [-0.4, -0.2) is 42.3 Å². The second-order valence-corrected chi connectivity index (χ2v) is 8.33. The van der Waals surface area contributed by atoms with E-state index < -0.39 is 12.6 Å². The number of nitrogens with zero attached hydrogens (tertiary/aromatic N) is 2. The van der Waals surface area contributed by atoms with Crippen molar-refractivity contribution < 1.29 is 28.8 Å². The van der Waals surface area contributed by atoms with Crippen LogP contribution in [-0.2, 0) is 4.79 Å². The number of methoxy groups -OCH3 is 1. The molecule has 4 aromatic rings. The van der Waals surface area contributed by atoms with Crippen LogP contribution < -0.4 is 24.3 Å². The van der Waals surface area contributed by atoms with Crippen molar-refractivity contribution in [3.63, 3.8) is 0 Å². The third kappa shape index (κ3) is 6.35. The highest BCUT2D eigenvalue weighted by atomic mass is 35.5. The molecule has 0 atom stereocenters. The molecule has 9 nitrogen and oxygen atoms in total. The molecule has 0 amide bonds.